The van der Waals surface area contributed by atoms with Crippen molar-refractivity contribution in [1.29, 1.82) is 0 Å². The van der Waals surface area contributed by atoms with Crippen molar-refractivity contribution in [2.75, 3.05) is 27.3 Å². The van der Waals surface area contributed by atoms with Gasteiger partial charge in [0, 0.05) is 50.2 Å². The maximum Gasteiger partial charge on any atom is 0.216 e. The molecule has 0 aliphatic carbocycles. The Morgan fingerprint density at radius 1 is 0.765 bits per heavy atom. The summed E-state index contributed by atoms with van der Waals surface area (Å²) in [6, 6.07) is 11.7. The first-order valence-corrected chi connectivity index (χ1v) is 11.3. The molecule has 2 aliphatic heterocycles. The first-order valence-electron chi connectivity index (χ1n) is 11.3. The van der Waals surface area contributed by atoms with E-state index < -0.39 is 10.8 Å². The molecule has 2 aromatic carbocycles. The molecule has 0 saturated heterocycles. The van der Waals surface area contributed by atoms with Crippen LogP contribution in [0, 0.1) is 0 Å². The third kappa shape index (κ3) is 3.93. The van der Waals surface area contributed by atoms with E-state index in [2.05, 4.69) is 10.6 Å². The summed E-state index contributed by atoms with van der Waals surface area (Å²) in [5, 5.41) is 5.89. The molecule has 0 fully saturated rings. The average Bonchev–Trinajstić information content (AvgIpc) is 3.38. The lowest BCUT2D eigenvalue weighted by atomic mass is 9.56. The molecule has 2 N–H and O–H groups in total. The van der Waals surface area contributed by atoms with E-state index in [0.717, 1.165) is 34.0 Å². The third-order valence-corrected chi connectivity index (χ3v) is 6.80. The van der Waals surface area contributed by atoms with Crippen LogP contribution in [-0.2, 0) is 20.4 Å². The van der Waals surface area contributed by atoms with E-state index in [1.807, 2.05) is 48.8 Å². The Balaban J connectivity index is 1.92. The fraction of sp³-hybridized carbons (Fsp3) is 0.385. The highest BCUT2D eigenvalue weighted by atomic mass is 16.5. The van der Waals surface area contributed by atoms with Crippen LogP contribution in [0.25, 0.3) is 0 Å². The maximum atomic E-state index is 11.7. The van der Waals surface area contributed by atoms with Crippen molar-refractivity contribution in [2.45, 2.75) is 37.5 Å². The molecule has 2 aliphatic rings. The summed E-state index contributed by atoms with van der Waals surface area (Å²) in [6.07, 6.45) is 5.12. The SMILES string of the molecule is COc1ccc2c(c1)C(CCNC(C)=O)(C1(CCNC(C)=O)C=Nc3ccc(OC)cc31)C=N2. The van der Waals surface area contributed by atoms with Gasteiger partial charge in [0.1, 0.15) is 11.5 Å². The Hall–Kier alpha value is -3.68. The largest absolute Gasteiger partial charge is 0.497 e. The van der Waals surface area contributed by atoms with Crippen molar-refractivity contribution in [2.24, 2.45) is 9.98 Å². The minimum absolute atomic E-state index is 0.0922. The highest BCUT2D eigenvalue weighted by Gasteiger charge is 2.56. The number of amides is 2. The van der Waals surface area contributed by atoms with Crippen LogP contribution in [-0.4, -0.2) is 51.6 Å². The summed E-state index contributed by atoms with van der Waals surface area (Å²) in [7, 11) is 3.28. The van der Waals surface area contributed by atoms with Gasteiger partial charge in [-0.2, -0.15) is 0 Å². The van der Waals surface area contributed by atoms with Crippen molar-refractivity contribution in [3.63, 3.8) is 0 Å². The van der Waals surface area contributed by atoms with Crippen LogP contribution >= 0.6 is 0 Å². The fourth-order valence-corrected chi connectivity index (χ4v) is 5.15. The lowest BCUT2D eigenvalue weighted by Crippen LogP contribution is -2.52. The third-order valence-electron chi connectivity index (χ3n) is 6.80. The van der Waals surface area contributed by atoms with Gasteiger partial charge in [-0.3, -0.25) is 19.6 Å². The monoisotopic (exact) mass is 462 g/mol. The number of benzene rings is 2. The van der Waals surface area contributed by atoms with Gasteiger partial charge in [0.25, 0.3) is 0 Å². The molecule has 0 saturated carbocycles. The molecule has 0 spiro atoms. The molecule has 8 heteroatoms. The van der Waals surface area contributed by atoms with E-state index in [4.69, 9.17) is 19.5 Å². The van der Waals surface area contributed by atoms with E-state index in [1.165, 1.54) is 13.8 Å². The summed E-state index contributed by atoms with van der Waals surface area (Å²) in [5.41, 5.74) is 2.43. The van der Waals surface area contributed by atoms with Crippen LogP contribution in [0.3, 0.4) is 0 Å². The molecule has 8 nitrogen and oxygen atoms in total. The van der Waals surface area contributed by atoms with Crippen LogP contribution in [0.5, 0.6) is 11.5 Å². The van der Waals surface area contributed by atoms with Gasteiger partial charge in [-0.15, -0.1) is 0 Å². The summed E-state index contributed by atoms with van der Waals surface area (Å²) < 4.78 is 11.1. The predicted molar refractivity (Wildman–Crippen MR) is 132 cm³/mol. The number of ether oxygens (including phenoxy) is 2. The molecule has 4 rings (SSSR count). The van der Waals surface area contributed by atoms with Crippen molar-refractivity contribution in [3.8, 4) is 11.5 Å². The molecule has 2 atom stereocenters. The summed E-state index contributed by atoms with van der Waals surface area (Å²) in [5.74, 6) is 1.27. The van der Waals surface area contributed by atoms with E-state index in [0.29, 0.717) is 25.9 Å². The Bertz CT molecular complexity index is 1080. The molecule has 34 heavy (non-hydrogen) atoms. The van der Waals surface area contributed by atoms with Crippen LogP contribution in [0.4, 0.5) is 11.4 Å². The number of methoxy groups -OCH3 is 2. The smallest absolute Gasteiger partial charge is 0.216 e. The number of nitrogens with one attached hydrogen (secondary N) is 2. The van der Waals surface area contributed by atoms with Crippen molar-refractivity contribution < 1.29 is 19.1 Å². The zero-order chi connectivity index (χ0) is 24.3. The van der Waals surface area contributed by atoms with Gasteiger partial charge < -0.3 is 20.1 Å². The van der Waals surface area contributed by atoms with Crippen LogP contribution < -0.4 is 20.1 Å². The zero-order valence-electron chi connectivity index (χ0n) is 20.0. The van der Waals surface area contributed by atoms with Gasteiger partial charge in [0.2, 0.25) is 11.8 Å². The number of rotatable bonds is 9. The first kappa shape index (κ1) is 23.5. The topological polar surface area (TPSA) is 101 Å². The van der Waals surface area contributed by atoms with E-state index in [9.17, 15) is 9.59 Å². The van der Waals surface area contributed by atoms with E-state index in [-0.39, 0.29) is 11.8 Å². The van der Waals surface area contributed by atoms with E-state index in [1.54, 1.807) is 14.2 Å². The number of fused-ring (bicyclic) bond motifs is 2. The molecule has 178 valence electrons. The molecule has 2 aromatic rings. The second kappa shape index (κ2) is 9.29. The first-order chi connectivity index (χ1) is 16.3. The van der Waals surface area contributed by atoms with Crippen LogP contribution in [0.1, 0.15) is 37.8 Å². The summed E-state index contributed by atoms with van der Waals surface area (Å²) in [6.45, 7) is 3.92. The van der Waals surface area contributed by atoms with Crippen LogP contribution in [0.2, 0.25) is 0 Å². The number of carbonyl (C=O) groups excluding carboxylic acids is 2. The standard InChI is InChI=1S/C26H30N4O4/c1-17(31)27-11-9-25(15-29-23-7-5-19(33-3)13-21(23)25)26(10-12-28-18(2)32)16-30-24-8-6-20(34-4)14-22(24)26/h5-8,13-16H,9-12H2,1-4H3,(H,27,31)(H,28,32). The highest BCUT2D eigenvalue weighted by Crippen LogP contribution is 2.57. The van der Waals surface area contributed by atoms with Gasteiger partial charge >= 0.3 is 0 Å². The van der Waals surface area contributed by atoms with Crippen molar-refractivity contribution in [1.82, 2.24) is 10.6 Å². The summed E-state index contributed by atoms with van der Waals surface area (Å²) >= 11 is 0. The van der Waals surface area contributed by atoms with Gasteiger partial charge in [0.05, 0.1) is 25.6 Å². The molecule has 2 heterocycles. The molecule has 0 bridgehead atoms. The molecule has 2 unspecified atom stereocenters. The second-order valence-corrected chi connectivity index (χ2v) is 8.69. The van der Waals surface area contributed by atoms with Crippen molar-refractivity contribution >= 4 is 35.6 Å². The normalized spacial score (nSPS) is 21.6. The lowest BCUT2D eigenvalue weighted by Gasteiger charge is -2.45. The predicted octanol–water partition coefficient (Wildman–Crippen LogP) is 3.36. The number of carbonyl (C=O) groups is 2. The van der Waals surface area contributed by atoms with Gasteiger partial charge in [-0.1, -0.05) is 0 Å². The fourth-order valence-electron chi connectivity index (χ4n) is 5.15. The Labute approximate surface area is 199 Å². The molecular weight excluding hydrogens is 432 g/mol. The lowest BCUT2D eigenvalue weighted by molar-refractivity contribution is -0.119. The van der Waals surface area contributed by atoms with Crippen LogP contribution in [0.15, 0.2) is 46.4 Å². The molecule has 0 aromatic heterocycles. The highest BCUT2D eigenvalue weighted by molar-refractivity contribution is 5.99. The minimum atomic E-state index is -0.640. The Morgan fingerprint density at radius 3 is 1.53 bits per heavy atom. The summed E-state index contributed by atoms with van der Waals surface area (Å²) in [4.78, 5) is 33.1. The Morgan fingerprint density at radius 2 is 1.18 bits per heavy atom. The number of hydrogen-bond donors (Lipinski definition) is 2. The Kier molecular flexibility index (Phi) is 6.41. The average molecular weight is 463 g/mol. The van der Waals surface area contributed by atoms with E-state index >= 15 is 0 Å². The van der Waals surface area contributed by atoms with Gasteiger partial charge in [-0.05, 0) is 60.4 Å². The number of hydrogen-bond acceptors (Lipinski definition) is 6. The molecule has 2 amide bonds. The molecular formula is C26H30N4O4. The molecule has 0 radical (unpaired) electrons. The zero-order valence-corrected chi connectivity index (χ0v) is 20.0. The number of nitrogens with zero attached hydrogens (tertiary/aromatic N) is 2. The second-order valence-electron chi connectivity index (χ2n) is 8.69. The number of aliphatic imine (C=N–C) groups is 2. The van der Waals surface area contributed by atoms with Crippen molar-refractivity contribution in [3.05, 3.63) is 47.5 Å². The van der Waals surface area contributed by atoms with Gasteiger partial charge in [0.15, 0.2) is 0 Å². The minimum Gasteiger partial charge on any atom is -0.497 e. The quantitative estimate of drug-likeness (QED) is 0.597. The maximum absolute atomic E-state index is 11.7. The van der Waals surface area contributed by atoms with Gasteiger partial charge in [-0.25, -0.2) is 0 Å².